The van der Waals surface area contributed by atoms with Crippen LogP contribution in [0.4, 0.5) is 0 Å². The average molecular weight is 335 g/mol. The van der Waals surface area contributed by atoms with Crippen LogP contribution in [0.3, 0.4) is 0 Å². The Balaban J connectivity index is 1.99. The third-order valence-electron chi connectivity index (χ3n) is 3.47. The summed E-state index contributed by atoms with van der Waals surface area (Å²) < 4.78 is 32.5. The molecule has 0 saturated heterocycles. The molecule has 0 radical (unpaired) electrons. The molecule has 2 rings (SSSR count). The Hall–Kier alpha value is -1.89. The summed E-state index contributed by atoms with van der Waals surface area (Å²) in [6.45, 7) is 2.19. The van der Waals surface area contributed by atoms with Crippen molar-refractivity contribution < 1.29 is 17.4 Å². The van der Waals surface area contributed by atoms with E-state index >= 15 is 0 Å². The molecule has 0 aliphatic heterocycles. The summed E-state index contributed by atoms with van der Waals surface area (Å²) >= 11 is 0. The van der Waals surface area contributed by atoms with E-state index < -0.39 is 10.1 Å². The van der Waals surface area contributed by atoms with Crippen molar-refractivity contribution in [3.63, 3.8) is 0 Å². The van der Waals surface area contributed by atoms with Crippen molar-refractivity contribution in [3.8, 4) is 11.5 Å². The first-order valence-electron chi connectivity index (χ1n) is 7.55. The van der Waals surface area contributed by atoms with Crippen LogP contribution in [0.5, 0.6) is 11.5 Å². The Labute approximate surface area is 137 Å². The first-order valence-corrected chi connectivity index (χ1v) is 8.96. The van der Waals surface area contributed by atoms with Gasteiger partial charge < -0.3 is 4.74 Å². The zero-order valence-corrected chi connectivity index (χ0v) is 13.9. The van der Waals surface area contributed by atoms with Gasteiger partial charge in [-0.05, 0) is 54.8 Å². The molecule has 0 aliphatic carbocycles. The van der Waals surface area contributed by atoms with Gasteiger partial charge in [0, 0.05) is 0 Å². The highest BCUT2D eigenvalue weighted by atomic mass is 32.2. The van der Waals surface area contributed by atoms with Crippen LogP contribution in [-0.2, 0) is 20.8 Å². The summed E-state index contributed by atoms with van der Waals surface area (Å²) in [6.07, 6.45) is 4.71. The summed E-state index contributed by atoms with van der Waals surface area (Å²) in [5.74, 6) is 5.98. The maximum Gasteiger partial charge on any atom is 0.312 e. The number of benzene rings is 2. The molecule has 0 heterocycles. The van der Waals surface area contributed by atoms with Gasteiger partial charge in [-0.15, -0.1) is 0 Å². The summed E-state index contributed by atoms with van der Waals surface area (Å²) in [5.41, 5.74) is 1.28. The number of rotatable bonds is 8. The van der Waals surface area contributed by atoms with E-state index in [-0.39, 0.29) is 4.90 Å². The fourth-order valence-electron chi connectivity index (χ4n) is 2.17. The highest BCUT2D eigenvalue weighted by Crippen LogP contribution is 2.24. The van der Waals surface area contributed by atoms with E-state index in [4.69, 9.17) is 10.6 Å². The second-order valence-electron chi connectivity index (χ2n) is 5.22. The molecule has 0 atom stereocenters. The molecular formula is C17H21NO4S. The first kappa shape index (κ1) is 17.5. The molecule has 0 spiro atoms. The van der Waals surface area contributed by atoms with E-state index in [2.05, 4.69) is 11.2 Å². The van der Waals surface area contributed by atoms with Crippen molar-refractivity contribution in [2.45, 2.75) is 37.5 Å². The lowest BCUT2D eigenvalue weighted by Crippen LogP contribution is -2.10. The molecule has 2 aromatic rings. The van der Waals surface area contributed by atoms with E-state index in [1.54, 1.807) is 12.1 Å². The normalized spacial score (nSPS) is 11.4. The van der Waals surface area contributed by atoms with Gasteiger partial charge in [-0.3, -0.25) is 0 Å². The lowest BCUT2D eigenvalue weighted by Gasteiger charge is -2.08. The van der Waals surface area contributed by atoms with Crippen molar-refractivity contribution in [3.05, 3.63) is 54.1 Å². The fourth-order valence-corrected chi connectivity index (χ4v) is 2.75. The minimum Gasteiger partial charge on any atom is -0.457 e. The second kappa shape index (κ2) is 8.10. The highest BCUT2D eigenvalue weighted by Gasteiger charge is 2.13. The van der Waals surface area contributed by atoms with E-state index in [0.29, 0.717) is 11.5 Å². The van der Waals surface area contributed by atoms with Gasteiger partial charge in [0.2, 0.25) is 0 Å². The number of ether oxygens (including phenoxy) is 1. The molecule has 0 aliphatic rings. The molecule has 124 valence electrons. The third kappa shape index (κ3) is 5.06. The number of hydrogen-bond donors (Lipinski definition) is 1. The highest BCUT2D eigenvalue weighted by molar-refractivity contribution is 7.86. The Kier molecular flexibility index (Phi) is 6.15. The monoisotopic (exact) mass is 335 g/mol. The molecule has 2 N–H and O–H groups in total. The first-order chi connectivity index (χ1) is 11.0. The third-order valence-corrected chi connectivity index (χ3v) is 4.57. The summed E-state index contributed by atoms with van der Waals surface area (Å²) in [7, 11) is -3.88. The molecule has 6 heteroatoms. The Bertz CT molecular complexity index is 709. The molecular weight excluding hydrogens is 314 g/mol. The van der Waals surface area contributed by atoms with Gasteiger partial charge in [0.25, 0.3) is 0 Å². The number of nitrogens with two attached hydrogens (primary N) is 1. The zero-order chi connectivity index (χ0) is 16.7. The summed E-state index contributed by atoms with van der Waals surface area (Å²) in [4.78, 5) is -0.0152. The number of unbranched alkanes of at least 4 members (excludes halogenated alkanes) is 2. The molecule has 0 aromatic heterocycles. The molecule has 0 unspecified atom stereocenters. The number of hydrogen-bond acceptors (Lipinski definition) is 5. The Morgan fingerprint density at radius 3 is 2.00 bits per heavy atom. The maximum atomic E-state index is 11.4. The van der Waals surface area contributed by atoms with Crippen LogP contribution in [0.1, 0.15) is 31.7 Å². The van der Waals surface area contributed by atoms with Crippen molar-refractivity contribution in [2.75, 3.05) is 0 Å². The summed E-state index contributed by atoms with van der Waals surface area (Å²) in [5, 5.41) is 0. The van der Waals surface area contributed by atoms with Gasteiger partial charge in [-0.2, -0.15) is 18.6 Å². The minimum atomic E-state index is -3.88. The van der Waals surface area contributed by atoms with Crippen LogP contribution in [0.2, 0.25) is 0 Å². The summed E-state index contributed by atoms with van der Waals surface area (Å²) in [6, 6.07) is 13.8. The van der Waals surface area contributed by atoms with Crippen LogP contribution in [0.15, 0.2) is 53.4 Å². The molecule has 0 bridgehead atoms. The molecule has 0 saturated carbocycles. The van der Waals surface area contributed by atoms with E-state index in [1.807, 2.05) is 24.3 Å². The van der Waals surface area contributed by atoms with E-state index in [0.717, 1.165) is 6.42 Å². The fraction of sp³-hybridized carbons (Fsp3) is 0.294. The maximum absolute atomic E-state index is 11.4. The molecule has 0 fully saturated rings. The van der Waals surface area contributed by atoms with Gasteiger partial charge in [0.15, 0.2) is 0 Å². The molecule has 5 nitrogen and oxygen atoms in total. The zero-order valence-electron chi connectivity index (χ0n) is 13.1. The predicted octanol–water partition coefficient (Wildman–Crippen LogP) is 3.79. The average Bonchev–Trinajstić information content (AvgIpc) is 2.57. The van der Waals surface area contributed by atoms with Gasteiger partial charge in [-0.25, -0.2) is 0 Å². The lowest BCUT2D eigenvalue weighted by atomic mass is 10.1. The largest absolute Gasteiger partial charge is 0.457 e. The number of aryl methyl sites for hydroxylation is 1. The minimum absolute atomic E-state index is 0.0152. The lowest BCUT2D eigenvalue weighted by molar-refractivity contribution is 0.333. The van der Waals surface area contributed by atoms with Crippen LogP contribution < -0.4 is 10.6 Å². The van der Waals surface area contributed by atoms with E-state index in [1.165, 1.54) is 37.0 Å². The van der Waals surface area contributed by atoms with Gasteiger partial charge in [0.1, 0.15) is 11.5 Å². The molecule has 23 heavy (non-hydrogen) atoms. The van der Waals surface area contributed by atoms with Crippen LogP contribution in [0.25, 0.3) is 0 Å². The van der Waals surface area contributed by atoms with E-state index in [9.17, 15) is 8.42 Å². The smallest absolute Gasteiger partial charge is 0.312 e. The van der Waals surface area contributed by atoms with Crippen molar-refractivity contribution in [2.24, 2.45) is 5.90 Å². The Morgan fingerprint density at radius 1 is 0.913 bits per heavy atom. The van der Waals surface area contributed by atoms with Gasteiger partial charge >= 0.3 is 10.1 Å². The quantitative estimate of drug-likeness (QED) is 0.586. The second-order valence-corrected chi connectivity index (χ2v) is 6.80. The van der Waals surface area contributed by atoms with Crippen LogP contribution in [-0.4, -0.2) is 8.42 Å². The standard InChI is InChI=1S/C17H21NO4S/c1-2-3-4-5-14-6-8-15(9-7-14)21-16-10-12-17(13-11-16)23(19,20)22-18/h6-13H,2-5,18H2,1H3. The molecule has 0 amide bonds. The SMILES string of the molecule is CCCCCc1ccc(Oc2ccc(S(=O)(=O)ON)cc2)cc1. The van der Waals surface area contributed by atoms with Gasteiger partial charge in [0.05, 0.1) is 4.90 Å². The van der Waals surface area contributed by atoms with Crippen molar-refractivity contribution in [1.82, 2.24) is 0 Å². The van der Waals surface area contributed by atoms with Gasteiger partial charge in [-0.1, -0.05) is 31.9 Å². The Morgan fingerprint density at radius 2 is 1.48 bits per heavy atom. The topological polar surface area (TPSA) is 78.6 Å². The predicted molar refractivity (Wildman–Crippen MR) is 88.6 cm³/mol. The van der Waals surface area contributed by atoms with Crippen molar-refractivity contribution >= 4 is 10.1 Å². The molecule has 2 aromatic carbocycles. The van der Waals surface area contributed by atoms with Crippen LogP contribution >= 0.6 is 0 Å². The van der Waals surface area contributed by atoms with Crippen LogP contribution in [0, 0.1) is 0 Å². The van der Waals surface area contributed by atoms with Crippen molar-refractivity contribution in [1.29, 1.82) is 0 Å².